The van der Waals surface area contributed by atoms with E-state index in [0.717, 1.165) is 0 Å². The van der Waals surface area contributed by atoms with Crippen LogP contribution in [0.15, 0.2) is 91.0 Å². The van der Waals surface area contributed by atoms with Gasteiger partial charge in [-0.05, 0) is 23.8 Å². The molecule has 0 radical (unpaired) electrons. The minimum absolute atomic E-state index is 0.446. The Bertz CT molecular complexity index is 618. The summed E-state index contributed by atoms with van der Waals surface area (Å²) in [5.74, 6) is 0. The fourth-order valence-electron chi connectivity index (χ4n) is 2.18. The van der Waals surface area contributed by atoms with E-state index in [1.54, 1.807) is 0 Å². The maximum atomic E-state index is 2.54. The van der Waals surface area contributed by atoms with Crippen LogP contribution in [0.2, 0.25) is 0 Å². The summed E-state index contributed by atoms with van der Waals surface area (Å²) < 4.78 is -1.23. The zero-order valence-electron chi connectivity index (χ0n) is 12.5. The molecule has 0 aliphatic rings. The Labute approximate surface area is 190 Å². The van der Waals surface area contributed by atoms with Crippen LogP contribution in [-0.4, -0.2) is 0 Å². The molecule has 0 fully saturated rings. The van der Waals surface area contributed by atoms with Crippen molar-refractivity contribution >= 4 is 102 Å². The molecule has 0 atom stereocenters. The number of rotatable bonds is 3. The SMILES string of the molecule is [I][Re]([I])([I])[I].c1ccc(P(c2ccccc2)c2ccccc2)cc1. The average Bonchev–Trinajstić information content (AvgIpc) is 2.57. The number of benzene rings is 3. The van der Waals surface area contributed by atoms with Gasteiger partial charge in [0.25, 0.3) is 0 Å². The van der Waals surface area contributed by atoms with Crippen LogP contribution in [0.25, 0.3) is 0 Å². The summed E-state index contributed by atoms with van der Waals surface area (Å²) in [7, 11) is -0.446. The minimum atomic E-state index is -1.23. The van der Waals surface area contributed by atoms with E-state index >= 15 is 0 Å². The Kier molecular flexibility index (Phi) is 10.5. The second kappa shape index (κ2) is 11.5. The molecule has 0 aliphatic heterocycles. The number of hydrogen-bond acceptors (Lipinski definition) is 0. The molecule has 0 unspecified atom stereocenters. The van der Waals surface area contributed by atoms with Crippen LogP contribution in [0.4, 0.5) is 0 Å². The van der Waals surface area contributed by atoms with Crippen molar-refractivity contribution in [1.29, 1.82) is 0 Å². The van der Waals surface area contributed by atoms with Crippen LogP contribution in [0.3, 0.4) is 0 Å². The van der Waals surface area contributed by atoms with E-state index in [-0.39, 0.29) is 0 Å². The second-order valence-electron chi connectivity index (χ2n) is 4.67. The topological polar surface area (TPSA) is 0 Å². The Hall–Kier alpha value is 1.67. The number of hydrogen-bond donors (Lipinski definition) is 0. The van der Waals surface area contributed by atoms with Crippen molar-refractivity contribution in [2.45, 2.75) is 0 Å². The molecule has 0 saturated carbocycles. The van der Waals surface area contributed by atoms with Crippen LogP contribution >= 0.6 is 86.0 Å². The normalized spacial score (nSPS) is 11.5. The zero-order chi connectivity index (χ0) is 17.4. The second-order valence-corrected chi connectivity index (χ2v) is 126. The van der Waals surface area contributed by atoms with E-state index < -0.39 is 9.00 Å². The zero-order valence-corrected chi connectivity index (χ0v) is 24.7. The number of halogens is 4. The van der Waals surface area contributed by atoms with E-state index in [2.05, 4.69) is 169 Å². The largest absolute Gasteiger partial charge is 0.0622 e. The summed E-state index contributed by atoms with van der Waals surface area (Å²) in [4.78, 5) is 0. The van der Waals surface area contributed by atoms with Crippen molar-refractivity contribution in [2.75, 3.05) is 0 Å². The fraction of sp³-hybridized carbons (Fsp3) is 0. The van der Waals surface area contributed by atoms with Crippen molar-refractivity contribution in [2.24, 2.45) is 0 Å². The van der Waals surface area contributed by atoms with Crippen molar-refractivity contribution in [3.8, 4) is 0 Å². The standard InChI is InChI=1S/C18H15P.4HI.Re/c1-4-10-16(11-5-1)19(17-12-6-2-7-13-17)18-14-8-3-9-15-18;;;;;/h1-15H;4*1H;/q;;;;;+4/p-4. The first-order valence-corrected chi connectivity index (χ1v) is 39.1. The smallest absolute Gasteiger partial charge is 0.0134 e. The molecule has 127 valence electrons. The quantitative estimate of drug-likeness (QED) is 0.197. The van der Waals surface area contributed by atoms with E-state index in [1.807, 2.05) is 0 Å². The van der Waals surface area contributed by atoms with Crippen molar-refractivity contribution < 1.29 is 1.08 Å². The van der Waals surface area contributed by atoms with Gasteiger partial charge < -0.3 is 0 Å². The van der Waals surface area contributed by atoms with Crippen LogP contribution in [0, 0.1) is 0 Å². The van der Waals surface area contributed by atoms with Gasteiger partial charge in [0.1, 0.15) is 0 Å². The molecular weight excluding hydrogens is 941 g/mol. The van der Waals surface area contributed by atoms with Gasteiger partial charge in [0.15, 0.2) is 0 Å². The monoisotopic (exact) mass is 957 g/mol. The third kappa shape index (κ3) is 8.57. The Morgan fingerprint density at radius 2 is 0.667 bits per heavy atom. The molecule has 0 spiro atoms. The van der Waals surface area contributed by atoms with Crippen LogP contribution in [-0.2, 0) is 1.08 Å². The summed E-state index contributed by atoms with van der Waals surface area (Å²) in [6.45, 7) is 0. The van der Waals surface area contributed by atoms with E-state index in [9.17, 15) is 0 Å². The van der Waals surface area contributed by atoms with Gasteiger partial charge in [0.05, 0.1) is 0 Å². The fourth-order valence-corrected chi connectivity index (χ4v) is 4.48. The van der Waals surface area contributed by atoms with E-state index in [1.165, 1.54) is 15.9 Å². The summed E-state index contributed by atoms with van der Waals surface area (Å²) >= 11 is 10.2. The molecule has 6 heteroatoms. The first-order chi connectivity index (χ1) is 11.4. The summed E-state index contributed by atoms with van der Waals surface area (Å²) in [6, 6.07) is 32.3. The van der Waals surface area contributed by atoms with Gasteiger partial charge in [-0.2, -0.15) is 0 Å². The molecule has 0 aromatic heterocycles. The maximum absolute atomic E-state index is 2.54. The average molecular weight is 956 g/mol. The Morgan fingerprint density at radius 3 is 0.875 bits per heavy atom. The minimum Gasteiger partial charge on any atom is -0.0622 e. The van der Waals surface area contributed by atoms with E-state index in [0.29, 0.717) is 0 Å². The molecule has 3 aromatic rings. The Morgan fingerprint density at radius 1 is 0.458 bits per heavy atom. The van der Waals surface area contributed by atoms with E-state index in [4.69, 9.17) is 0 Å². The summed E-state index contributed by atoms with van der Waals surface area (Å²) in [6.07, 6.45) is 0. The Balaban J connectivity index is 0.000000368. The maximum Gasteiger partial charge on any atom is -0.0134 e. The van der Waals surface area contributed by atoms with Gasteiger partial charge in [-0.25, -0.2) is 0 Å². The predicted molar refractivity (Wildman–Crippen MR) is 141 cm³/mol. The molecule has 0 nitrogen and oxygen atoms in total. The van der Waals surface area contributed by atoms with Crippen molar-refractivity contribution in [3.63, 3.8) is 0 Å². The van der Waals surface area contributed by atoms with Crippen molar-refractivity contribution in [3.05, 3.63) is 91.0 Å². The molecule has 24 heavy (non-hydrogen) atoms. The third-order valence-corrected chi connectivity index (χ3v) is 5.49. The van der Waals surface area contributed by atoms with Gasteiger partial charge in [0, 0.05) is 0 Å². The van der Waals surface area contributed by atoms with Gasteiger partial charge >= 0.3 is 79.1 Å². The molecule has 0 aliphatic carbocycles. The molecule has 0 heterocycles. The van der Waals surface area contributed by atoms with Crippen LogP contribution < -0.4 is 15.9 Å². The van der Waals surface area contributed by atoms with Crippen molar-refractivity contribution in [1.82, 2.24) is 0 Å². The molecule has 3 rings (SSSR count). The molecule has 0 N–H and O–H groups in total. The molecule has 3 aromatic carbocycles. The van der Waals surface area contributed by atoms with Crippen LogP contribution in [0.1, 0.15) is 0 Å². The van der Waals surface area contributed by atoms with Gasteiger partial charge in [-0.15, -0.1) is 0 Å². The van der Waals surface area contributed by atoms with Gasteiger partial charge in [-0.3, -0.25) is 0 Å². The summed E-state index contributed by atoms with van der Waals surface area (Å²) in [5, 5.41) is 4.19. The molecule has 0 amide bonds. The van der Waals surface area contributed by atoms with Gasteiger partial charge in [0.2, 0.25) is 0 Å². The predicted octanol–water partition coefficient (Wildman–Crippen LogP) is 6.99. The first kappa shape index (κ1) is 22.0. The third-order valence-electron chi connectivity index (χ3n) is 3.04. The molecule has 0 bridgehead atoms. The molecule has 0 saturated heterocycles. The van der Waals surface area contributed by atoms with Gasteiger partial charge in [-0.1, -0.05) is 91.0 Å². The first-order valence-electron chi connectivity index (χ1n) is 6.97. The summed E-state index contributed by atoms with van der Waals surface area (Å²) in [5.41, 5.74) is 0. The van der Waals surface area contributed by atoms with Crippen LogP contribution in [0.5, 0.6) is 0 Å². The molecular formula is C18H15I4PRe.